The summed E-state index contributed by atoms with van der Waals surface area (Å²) in [5.41, 5.74) is 0.628. The van der Waals surface area contributed by atoms with Gasteiger partial charge in [0.25, 0.3) is 0 Å². The second-order valence-corrected chi connectivity index (χ2v) is 3.49. The summed E-state index contributed by atoms with van der Waals surface area (Å²) in [7, 11) is 0. The maximum absolute atomic E-state index is 10.7. The Kier molecular flexibility index (Phi) is 3.55. The van der Waals surface area contributed by atoms with Crippen LogP contribution in [0.2, 0.25) is 0 Å². The highest BCUT2D eigenvalue weighted by atomic mass is 16.4. The molecule has 4 heteroatoms. The van der Waals surface area contributed by atoms with Crippen molar-refractivity contribution in [1.82, 2.24) is 0 Å². The Hall–Kier alpha value is -1.71. The van der Waals surface area contributed by atoms with Gasteiger partial charge in [-0.1, -0.05) is 6.92 Å². The fourth-order valence-corrected chi connectivity index (χ4v) is 1.18. The van der Waals surface area contributed by atoms with Gasteiger partial charge in [-0.15, -0.1) is 0 Å². The molecule has 0 saturated carbocycles. The number of rotatable bonds is 4. The average molecular weight is 209 g/mol. The van der Waals surface area contributed by atoms with Crippen LogP contribution in [0.15, 0.2) is 18.2 Å². The molecule has 0 spiro atoms. The second-order valence-electron chi connectivity index (χ2n) is 3.49. The number of hydrogen-bond donors (Lipinski definition) is 3. The molecule has 0 bridgehead atoms. The molecule has 82 valence electrons. The van der Waals surface area contributed by atoms with Crippen LogP contribution in [0.3, 0.4) is 0 Å². The predicted molar refractivity (Wildman–Crippen MR) is 58.4 cm³/mol. The van der Waals surface area contributed by atoms with E-state index < -0.39 is 5.97 Å². The first-order valence-electron chi connectivity index (χ1n) is 4.87. The van der Waals surface area contributed by atoms with Crippen molar-refractivity contribution in [2.75, 3.05) is 5.32 Å². The average Bonchev–Trinajstić information content (AvgIpc) is 2.20. The fraction of sp³-hybridized carbons (Fsp3) is 0.364. The molecule has 1 rings (SSSR count). The molecule has 0 heterocycles. The maximum Gasteiger partial charge on any atom is 0.339 e. The number of carboxylic acids is 1. The molecule has 0 aliphatic heterocycles. The highest BCUT2D eigenvalue weighted by molar-refractivity contribution is 5.92. The summed E-state index contributed by atoms with van der Waals surface area (Å²) in [5.74, 6) is -1.34. The van der Waals surface area contributed by atoms with Crippen LogP contribution in [0.25, 0.3) is 0 Å². The van der Waals surface area contributed by atoms with Crippen molar-refractivity contribution in [3.63, 3.8) is 0 Å². The van der Waals surface area contributed by atoms with Crippen molar-refractivity contribution >= 4 is 11.7 Å². The Morgan fingerprint density at radius 1 is 1.53 bits per heavy atom. The van der Waals surface area contributed by atoms with Gasteiger partial charge in [0.05, 0.1) is 0 Å². The van der Waals surface area contributed by atoms with Crippen molar-refractivity contribution in [2.45, 2.75) is 26.3 Å². The Balaban J connectivity index is 2.92. The van der Waals surface area contributed by atoms with Gasteiger partial charge in [0.15, 0.2) is 0 Å². The highest BCUT2D eigenvalue weighted by Crippen LogP contribution is 2.22. The van der Waals surface area contributed by atoms with Crippen LogP contribution in [-0.4, -0.2) is 22.2 Å². The molecule has 0 aromatic heterocycles. The smallest absolute Gasteiger partial charge is 0.339 e. The summed E-state index contributed by atoms with van der Waals surface area (Å²) in [6, 6.07) is 4.75. The minimum absolute atomic E-state index is 0.0803. The Morgan fingerprint density at radius 2 is 2.20 bits per heavy atom. The molecule has 4 nitrogen and oxygen atoms in total. The SMILES string of the molecule is CCC(C)Nc1ccc(O)c(C(=O)O)c1. The molecule has 0 aliphatic rings. The van der Waals surface area contributed by atoms with E-state index in [2.05, 4.69) is 5.32 Å². The third kappa shape index (κ3) is 2.87. The lowest BCUT2D eigenvalue weighted by atomic mass is 10.1. The molecule has 1 atom stereocenters. The van der Waals surface area contributed by atoms with Crippen molar-refractivity contribution in [3.8, 4) is 5.75 Å². The molecule has 3 N–H and O–H groups in total. The van der Waals surface area contributed by atoms with E-state index in [-0.39, 0.29) is 17.4 Å². The monoisotopic (exact) mass is 209 g/mol. The zero-order valence-corrected chi connectivity index (χ0v) is 8.82. The normalized spacial score (nSPS) is 12.1. The predicted octanol–water partition coefficient (Wildman–Crippen LogP) is 2.30. The van der Waals surface area contributed by atoms with Gasteiger partial charge >= 0.3 is 5.97 Å². The number of hydrogen-bond acceptors (Lipinski definition) is 3. The lowest BCUT2D eigenvalue weighted by molar-refractivity contribution is 0.0694. The summed E-state index contributed by atoms with van der Waals surface area (Å²) >= 11 is 0. The number of nitrogens with one attached hydrogen (secondary N) is 1. The summed E-state index contributed by atoms with van der Waals surface area (Å²) in [4.78, 5) is 10.7. The van der Waals surface area contributed by atoms with E-state index in [1.165, 1.54) is 12.1 Å². The number of carboxylic acid groups (broad SMARTS) is 1. The number of anilines is 1. The molecule has 0 fully saturated rings. The van der Waals surface area contributed by atoms with Crippen LogP contribution in [0.1, 0.15) is 30.6 Å². The van der Waals surface area contributed by atoms with E-state index in [4.69, 9.17) is 5.11 Å². The van der Waals surface area contributed by atoms with Crippen molar-refractivity contribution in [3.05, 3.63) is 23.8 Å². The van der Waals surface area contributed by atoms with Gasteiger partial charge in [-0.05, 0) is 31.5 Å². The van der Waals surface area contributed by atoms with Gasteiger partial charge in [0, 0.05) is 11.7 Å². The summed E-state index contributed by atoms with van der Waals surface area (Å²) in [5, 5.41) is 21.2. The first-order chi connectivity index (χ1) is 7.04. The van der Waals surface area contributed by atoms with E-state index in [0.717, 1.165) is 6.42 Å². The molecule has 0 radical (unpaired) electrons. The molecule has 1 aromatic rings. The third-order valence-electron chi connectivity index (χ3n) is 2.25. The number of aromatic carboxylic acids is 1. The summed E-state index contributed by atoms with van der Waals surface area (Å²) in [6.07, 6.45) is 0.948. The summed E-state index contributed by atoms with van der Waals surface area (Å²) in [6.45, 7) is 4.05. The minimum Gasteiger partial charge on any atom is -0.507 e. The number of benzene rings is 1. The molecule has 1 aromatic carbocycles. The van der Waals surface area contributed by atoms with Gasteiger partial charge < -0.3 is 15.5 Å². The van der Waals surface area contributed by atoms with E-state index in [1.807, 2.05) is 13.8 Å². The second kappa shape index (κ2) is 4.68. The summed E-state index contributed by atoms with van der Waals surface area (Å²) < 4.78 is 0. The number of aromatic hydroxyl groups is 1. The quantitative estimate of drug-likeness (QED) is 0.665. The highest BCUT2D eigenvalue weighted by Gasteiger charge is 2.10. The van der Waals surface area contributed by atoms with E-state index >= 15 is 0 Å². The topological polar surface area (TPSA) is 69.6 Å². The lowest BCUT2D eigenvalue weighted by Gasteiger charge is -2.13. The van der Waals surface area contributed by atoms with E-state index in [1.54, 1.807) is 6.07 Å². The van der Waals surface area contributed by atoms with Crippen LogP contribution >= 0.6 is 0 Å². The zero-order valence-electron chi connectivity index (χ0n) is 8.82. The van der Waals surface area contributed by atoms with Crippen LogP contribution in [0.4, 0.5) is 5.69 Å². The minimum atomic E-state index is -1.12. The van der Waals surface area contributed by atoms with Crippen LogP contribution < -0.4 is 5.32 Å². The lowest BCUT2D eigenvalue weighted by Crippen LogP contribution is -2.13. The van der Waals surface area contributed by atoms with E-state index in [9.17, 15) is 9.90 Å². The van der Waals surface area contributed by atoms with Gasteiger partial charge in [-0.25, -0.2) is 4.79 Å². The number of carbonyl (C=O) groups is 1. The Labute approximate surface area is 88.6 Å². The van der Waals surface area contributed by atoms with Gasteiger partial charge in [0.2, 0.25) is 0 Å². The Morgan fingerprint density at radius 3 is 2.73 bits per heavy atom. The van der Waals surface area contributed by atoms with Crippen LogP contribution in [0, 0.1) is 0 Å². The largest absolute Gasteiger partial charge is 0.507 e. The van der Waals surface area contributed by atoms with Crippen LogP contribution in [0.5, 0.6) is 5.75 Å². The molecule has 1 unspecified atom stereocenters. The molecule has 0 amide bonds. The van der Waals surface area contributed by atoms with Gasteiger partial charge in [-0.3, -0.25) is 0 Å². The molecular formula is C11H15NO3. The van der Waals surface area contributed by atoms with Crippen molar-refractivity contribution in [1.29, 1.82) is 0 Å². The van der Waals surface area contributed by atoms with Crippen molar-refractivity contribution < 1.29 is 15.0 Å². The van der Waals surface area contributed by atoms with Crippen LogP contribution in [-0.2, 0) is 0 Å². The molecule has 15 heavy (non-hydrogen) atoms. The maximum atomic E-state index is 10.7. The Bertz CT molecular complexity index is 363. The van der Waals surface area contributed by atoms with Gasteiger partial charge in [-0.2, -0.15) is 0 Å². The molecule has 0 aliphatic carbocycles. The first-order valence-corrected chi connectivity index (χ1v) is 4.87. The molecule has 0 saturated heterocycles. The standard InChI is InChI=1S/C11H15NO3/c1-3-7(2)12-8-4-5-10(13)9(6-8)11(14)15/h4-7,12-13H,3H2,1-2H3,(H,14,15). The fourth-order valence-electron chi connectivity index (χ4n) is 1.18. The van der Waals surface area contributed by atoms with E-state index in [0.29, 0.717) is 5.69 Å². The number of phenols is 1. The zero-order chi connectivity index (χ0) is 11.4. The molecular weight excluding hydrogens is 194 g/mol. The van der Waals surface area contributed by atoms with Gasteiger partial charge in [0.1, 0.15) is 11.3 Å². The first kappa shape index (κ1) is 11.4. The third-order valence-corrected chi connectivity index (χ3v) is 2.25. The van der Waals surface area contributed by atoms with Crippen molar-refractivity contribution in [2.24, 2.45) is 0 Å².